The van der Waals surface area contributed by atoms with Crippen LogP contribution in [0.2, 0.25) is 0 Å². The first-order valence-electron chi connectivity index (χ1n) is 11.1. The van der Waals surface area contributed by atoms with Crippen LogP contribution in [0.15, 0.2) is 12.1 Å². The van der Waals surface area contributed by atoms with E-state index >= 15 is 0 Å². The van der Waals surface area contributed by atoms with Crippen molar-refractivity contribution in [3.8, 4) is 16.2 Å². The number of likely N-dealkylation sites (tertiary alicyclic amines) is 2. The Balaban J connectivity index is 1.70. The third-order valence-corrected chi connectivity index (χ3v) is 9.48. The van der Waals surface area contributed by atoms with Gasteiger partial charge in [0.15, 0.2) is 0 Å². The molecule has 3 heterocycles. The Labute approximate surface area is 187 Å². The van der Waals surface area contributed by atoms with Crippen LogP contribution in [0.25, 0.3) is 10.4 Å². The normalized spacial score (nSPS) is 18.9. The summed E-state index contributed by atoms with van der Waals surface area (Å²) in [5.41, 5.74) is 4.72. The van der Waals surface area contributed by atoms with Crippen molar-refractivity contribution in [2.45, 2.75) is 65.0 Å². The maximum Gasteiger partial charge on any atom is 0.124 e. The molecule has 1 N–H and O–H groups in total. The van der Waals surface area contributed by atoms with Gasteiger partial charge in [-0.15, -0.1) is 0 Å². The second-order valence-corrected chi connectivity index (χ2v) is 11.2. The number of hydrogen-bond donors (Lipinski definition) is 1. The van der Waals surface area contributed by atoms with E-state index in [9.17, 15) is 5.11 Å². The van der Waals surface area contributed by atoms with Crippen LogP contribution in [0, 0.1) is 3.82 Å². The van der Waals surface area contributed by atoms with E-state index in [1.807, 2.05) is 0 Å². The van der Waals surface area contributed by atoms with E-state index in [2.05, 4.69) is 28.9 Å². The molecule has 0 saturated carbocycles. The maximum absolute atomic E-state index is 11.2. The molecule has 2 saturated heterocycles. The van der Waals surface area contributed by atoms with Crippen molar-refractivity contribution in [2.75, 3.05) is 26.2 Å². The Kier molecular flexibility index (Phi) is 7.40. The smallest absolute Gasteiger partial charge is 0.124 e. The molecule has 0 unspecified atom stereocenters. The molecule has 0 radical (unpaired) electrons. The standard InChI is InChI=1S/C23H32N2OS3/c1-2-20-22(28-29-23(20)27)17-13-18(15-24-9-5-3-6-10-24)21(26)19(14-17)16-25-11-7-4-8-12-25/h13-14,26H,2-12,15-16H2,1H3. The van der Waals surface area contributed by atoms with E-state index in [-0.39, 0.29) is 0 Å². The molecule has 6 heteroatoms. The molecule has 1 aromatic heterocycles. The first-order chi connectivity index (χ1) is 14.2. The van der Waals surface area contributed by atoms with Crippen molar-refractivity contribution >= 4 is 32.9 Å². The number of aromatic hydroxyl groups is 1. The molecule has 2 aliphatic heterocycles. The van der Waals surface area contributed by atoms with Gasteiger partial charge in [-0.3, -0.25) is 9.80 Å². The highest BCUT2D eigenvalue weighted by Gasteiger charge is 2.20. The van der Waals surface area contributed by atoms with Gasteiger partial charge in [-0.1, -0.05) is 52.7 Å². The molecule has 29 heavy (non-hydrogen) atoms. The highest BCUT2D eigenvalue weighted by atomic mass is 32.9. The van der Waals surface area contributed by atoms with Gasteiger partial charge in [-0.25, -0.2) is 0 Å². The van der Waals surface area contributed by atoms with Gasteiger partial charge in [-0.2, -0.15) is 0 Å². The zero-order chi connectivity index (χ0) is 20.2. The summed E-state index contributed by atoms with van der Waals surface area (Å²) in [5, 5.41) is 11.2. The maximum atomic E-state index is 11.2. The Morgan fingerprint density at radius 2 is 1.38 bits per heavy atom. The van der Waals surface area contributed by atoms with Crippen molar-refractivity contribution in [1.29, 1.82) is 0 Å². The average molecular weight is 449 g/mol. The van der Waals surface area contributed by atoms with Crippen molar-refractivity contribution in [2.24, 2.45) is 0 Å². The summed E-state index contributed by atoms with van der Waals surface area (Å²) in [7, 11) is 3.51. The van der Waals surface area contributed by atoms with E-state index in [1.165, 1.54) is 54.5 Å². The van der Waals surface area contributed by atoms with Crippen LogP contribution in [0.1, 0.15) is 62.1 Å². The quantitative estimate of drug-likeness (QED) is 0.406. The minimum Gasteiger partial charge on any atom is -0.507 e. The first-order valence-corrected chi connectivity index (χ1v) is 13.6. The SMILES string of the molecule is CCc1c(-c2cc(CN3CCCCC3)c(O)c(CN3CCCCC3)c2)ssc1=S. The summed E-state index contributed by atoms with van der Waals surface area (Å²) in [4.78, 5) is 6.31. The highest BCUT2D eigenvalue weighted by Crippen LogP contribution is 2.39. The number of phenols is 1. The molecule has 0 aliphatic carbocycles. The second-order valence-electron chi connectivity index (χ2n) is 8.43. The molecule has 0 bridgehead atoms. The van der Waals surface area contributed by atoms with Crippen LogP contribution in [-0.4, -0.2) is 41.1 Å². The number of hydrogen-bond acceptors (Lipinski definition) is 6. The fraction of sp³-hybridized carbons (Fsp3) is 0.609. The van der Waals surface area contributed by atoms with Gasteiger partial charge in [-0.05, 0) is 81.5 Å². The van der Waals surface area contributed by atoms with Gasteiger partial charge in [0.25, 0.3) is 0 Å². The molecule has 2 aromatic rings. The molecule has 0 spiro atoms. The summed E-state index contributed by atoms with van der Waals surface area (Å²) >= 11 is 5.59. The highest BCUT2D eigenvalue weighted by molar-refractivity contribution is 7.80. The Morgan fingerprint density at radius 1 is 0.862 bits per heavy atom. The lowest BCUT2D eigenvalue weighted by atomic mass is 9.99. The lowest BCUT2D eigenvalue weighted by Gasteiger charge is -2.29. The van der Waals surface area contributed by atoms with Gasteiger partial charge in [0, 0.05) is 24.2 Å². The van der Waals surface area contributed by atoms with Crippen molar-refractivity contribution in [3.63, 3.8) is 0 Å². The Bertz CT molecular complexity index is 835. The number of benzene rings is 1. The van der Waals surface area contributed by atoms with Gasteiger partial charge >= 0.3 is 0 Å². The third-order valence-electron chi connectivity index (χ3n) is 6.29. The molecular formula is C23H32N2OS3. The number of rotatable bonds is 6. The van der Waals surface area contributed by atoms with E-state index in [0.29, 0.717) is 5.75 Å². The van der Waals surface area contributed by atoms with Gasteiger partial charge in [0.1, 0.15) is 9.57 Å². The summed E-state index contributed by atoms with van der Waals surface area (Å²) < 4.78 is 1.02. The summed E-state index contributed by atoms with van der Waals surface area (Å²) in [6, 6.07) is 4.46. The zero-order valence-electron chi connectivity index (χ0n) is 17.4. The zero-order valence-corrected chi connectivity index (χ0v) is 19.9. The van der Waals surface area contributed by atoms with Crippen LogP contribution < -0.4 is 0 Å². The fourth-order valence-electron chi connectivity index (χ4n) is 4.65. The van der Waals surface area contributed by atoms with Crippen LogP contribution in [0.5, 0.6) is 5.75 Å². The van der Waals surface area contributed by atoms with E-state index in [4.69, 9.17) is 12.2 Å². The third kappa shape index (κ3) is 5.10. The lowest BCUT2D eigenvalue weighted by Crippen LogP contribution is -2.30. The Morgan fingerprint density at radius 3 is 1.86 bits per heavy atom. The minimum absolute atomic E-state index is 0.516. The molecule has 158 valence electrons. The lowest BCUT2D eigenvalue weighted by molar-refractivity contribution is 0.213. The molecule has 2 aliphatic rings. The molecule has 2 fully saturated rings. The minimum atomic E-state index is 0.516. The summed E-state index contributed by atoms with van der Waals surface area (Å²) in [6.45, 7) is 8.46. The predicted molar refractivity (Wildman–Crippen MR) is 128 cm³/mol. The predicted octanol–water partition coefficient (Wildman–Crippen LogP) is 6.45. The first kappa shape index (κ1) is 21.4. The summed E-state index contributed by atoms with van der Waals surface area (Å²) in [6.07, 6.45) is 8.72. The fourth-order valence-corrected chi connectivity index (χ4v) is 7.77. The topological polar surface area (TPSA) is 26.7 Å². The number of piperidine rings is 2. The molecule has 0 atom stereocenters. The number of phenolic OH excluding ortho intramolecular Hbond substituents is 1. The second kappa shape index (κ2) is 10.0. The van der Waals surface area contributed by atoms with E-state index in [0.717, 1.165) is 60.6 Å². The monoisotopic (exact) mass is 448 g/mol. The van der Waals surface area contributed by atoms with Crippen LogP contribution >= 0.6 is 32.9 Å². The molecule has 4 rings (SSSR count). The van der Waals surface area contributed by atoms with Crippen LogP contribution in [0.4, 0.5) is 0 Å². The van der Waals surface area contributed by atoms with Crippen molar-refractivity contribution in [1.82, 2.24) is 9.80 Å². The molecule has 1 aromatic carbocycles. The van der Waals surface area contributed by atoms with Gasteiger partial charge in [0.2, 0.25) is 0 Å². The van der Waals surface area contributed by atoms with Gasteiger partial charge < -0.3 is 5.11 Å². The molecule has 0 amide bonds. The van der Waals surface area contributed by atoms with E-state index in [1.54, 1.807) is 20.7 Å². The van der Waals surface area contributed by atoms with Crippen LogP contribution in [0.3, 0.4) is 0 Å². The number of nitrogens with zero attached hydrogens (tertiary/aromatic N) is 2. The van der Waals surface area contributed by atoms with E-state index < -0.39 is 0 Å². The molecular weight excluding hydrogens is 416 g/mol. The largest absolute Gasteiger partial charge is 0.507 e. The van der Waals surface area contributed by atoms with Crippen LogP contribution in [-0.2, 0) is 19.5 Å². The summed E-state index contributed by atoms with van der Waals surface area (Å²) in [5.74, 6) is 0.516. The van der Waals surface area contributed by atoms with Gasteiger partial charge in [0.05, 0.1) is 4.88 Å². The average Bonchev–Trinajstić information content (AvgIpc) is 3.13. The molecule has 3 nitrogen and oxygen atoms in total. The van der Waals surface area contributed by atoms with Crippen molar-refractivity contribution < 1.29 is 5.11 Å². The van der Waals surface area contributed by atoms with Crippen molar-refractivity contribution in [3.05, 3.63) is 32.6 Å². The Hall–Kier alpha value is -0.790.